The maximum atomic E-state index is 12.7. The largest absolute Gasteiger partial charge is 0.416 e. The van der Waals surface area contributed by atoms with Crippen LogP contribution in [0.2, 0.25) is 0 Å². The van der Waals surface area contributed by atoms with Gasteiger partial charge in [-0.15, -0.1) is 0 Å². The van der Waals surface area contributed by atoms with Gasteiger partial charge >= 0.3 is 6.18 Å². The van der Waals surface area contributed by atoms with E-state index in [1.54, 1.807) is 24.4 Å². The third kappa shape index (κ3) is 3.53. The SMILES string of the molecule is O=C(Cc1cccc(C(F)(F)F)c1)Nc1cccc2ncccc12. The predicted molar refractivity (Wildman–Crippen MR) is 85.5 cm³/mol. The minimum Gasteiger partial charge on any atom is -0.325 e. The Morgan fingerprint density at radius 3 is 2.62 bits per heavy atom. The minimum absolute atomic E-state index is 0.138. The molecule has 0 radical (unpaired) electrons. The molecule has 0 saturated heterocycles. The Morgan fingerprint density at radius 1 is 1.04 bits per heavy atom. The molecule has 0 spiro atoms. The molecule has 1 aromatic heterocycles. The van der Waals surface area contributed by atoms with Gasteiger partial charge in [0.2, 0.25) is 5.91 Å². The lowest BCUT2D eigenvalue weighted by Crippen LogP contribution is -2.15. The summed E-state index contributed by atoms with van der Waals surface area (Å²) in [5.41, 5.74) is 0.856. The molecule has 0 bridgehead atoms. The monoisotopic (exact) mass is 330 g/mol. The molecule has 0 atom stereocenters. The molecule has 0 aliphatic rings. The Bertz CT molecular complexity index is 885. The highest BCUT2D eigenvalue weighted by Gasteiger charge is 2.30. The average molecular weight is 330 g/mol. The Hall–Kier alpha value is -2.89. The predicted octanol–water partition coefficient (Wildman–Crippen LogP) is 4.43. The summed E-state index contributed by atoms with van der Waals surface area (Å²) in [6.45, 7) is 0. The van der Waals surface area contributed by atoms with Crippen molar-refractivity contribution in [1.29, 1.82) is 0 Å². The fourth-order valence-corrected chi connectivity index (χ4v) is 2.45. The summed E-state index contributed by atoms with van der Waals surface area (Å²) in [7, 11) is 0. The van der Waals surface area contributed by atoms with Crippen LogP contribution < -0.4 is 5.32 Å². The van der Waals surface area contributed by atoms with E-state index in [9.17, 15) is 18.0 Å². The van der Waals surface area contributed by atoms with Crippen molar-refractivity contribution in [2.45, 2.75) is 12.6 Å². The number of pyridine rings is 1. The van der Waals surface area contributed by atoms with E-state index in [1.165, 1.54) is 12.1 Å². The minimum atomic E-state index is -4.42. The zero-order valence-corrected chi connectivity index (χ0v) is 12.5. The number of nitrogens with one attached hydrogen (secondary N) is 1. The summed E-state index contributed by atoms with van der Waals surface area (Å²) < 4.78 is 38.2. The van der Waals surface area contributed by atoms with Gasteiger partial charge in [0.05, 0.1) is 23.2 Å². The summed E-state index contributed by atoms with van der Waals surface area (Å²) >= 11 is 0. The normalized spacial score (nSPS) is 11.5. The number of alkyl halides is 3. The van der Waals surface area contributed by atoms with Crippen molar-refractivity contribution in [2.75, 3.05) is 5.32 Å². The quantitative estimate of drug-likeness (QED) is 0.772. The topological polar surface area (TPSA) is 42.0 Å². The number of carbonyl (C=O) groups is 1. The molecule has 0 saturated carbocycles. The number of aromatic nitrogens is 1. The van der Waals surface area contributed by atoms with Crippen molar-refractivity contribution < 1.29 is 18.0 Å². The van der Waals surface area contributed by atoms with Gasteiger partial charge in [-0.2, -0.15) is 13.2 Å². The number of fused-ring (bicyclic) bond motifs is 1. The van der Waals surface area contributed by atoms with Crippen LogP contribution in [-0.2, 0) is 17.4 Å². The van der Waals surface area contributed by atoms with Crippen LogP contribution in [0.4, 0.5) is 18.9 Å². The van der Waals surface area contributed by atoms with E-state index in [0.29, 0.717) is 11.3 Å². The van der Waals surface area contributed by atoms with Gasteiger partial charge in [0, 0.05) is 11.6 Å². The second-order valence-corrected chi connectivity index (χ2v) is 5.30. The second kappa shape index (κ2) is 6.31. The van der Waals surface area contributed by atoms with Gasteiger partial charge in [0.1, 0.15) is 0 Å². The fraction of sp³-hybridized carbons (Fsp3) is 0.111. The van der Waals surface area contributed by atoms with E-state index in [0.717, 1.165) is 23.0 Å². The molecule has 1 heterocycles. The first-order valence-corrected chi connectivity index (χ1v) is 7.23. The van der Waals surface area contributed by atoms with E-state index < -0.39 is 11.7 Å². The van der Waals surface area contributed by atoms with Crippen molar-refractivity contribution in [3.05, 3.63) is 71.9 Å². The number of carbonyl (C=O) groups excluding carboxylic acids is 1. The van der Waals surface area contributed by atoms with Crippen LogP contribution in [0, 0.1) is 0 Å². The number of nitrogens with zero attached hydrogens (tertiary/aromatic N) is 1. The van der Waals surface area contributed by atoms with Crippen LogP contribution in [0.25, 0.3) is 10.9 Å². The Balaban J connectivity index is 1.78. The lowest BCUT2D eigenvalue weighted by atomic mass is 10.1. The smallest absolute Gasteiger partial charge is 0.325 e. The Kier molecular flexibility index (Phi) is 4.20. The molecule has 3 aromatic rings. The molecule has 6 heteroatoms. The molecule has 1 N–H and O–H groups in total. The third-order valence-corrected chi connectivity index (χ3v) is 3.54. The summed E-state index contributed by atoms with van der Waals surface area (Å²) in [4.78, 5) is 16.4. The van der Waals surface area contributed by atoms with Crippen LogP contribution in [0.5, 0.6) is 0 Å². The lowest BCUT2D eigenvalue weighted by Gasteiger charge is -2.10. The number of hydrogen-bond acceptors (Lipinski definition) is 2. The first kappa shape index (κ1) is 16.0. The van der Waals surface area contributed by atoms with Gasteiger partial charge < -0.3 is 5.32 Å². The summed E-state index contributed by atoms with van der Waals surface area (Å²) in [5.74, 6) is -0.384. The van der Waals surface area contributed by atoms with E-state index in [-0.39, 0.29) is 12.3 Å². The molecule has 24 heavy (non-hydrogen) atoms. The molecule has 0 fully saturated rings. The molecule has 0 aliphatic heterocycles. The van der Waals surface area contributed by atoms with Crippen LogP contribution in [0.1, 0.15) is 11.1 Å². The molecule has 2 aromatic carbocycles. The van der Waals surface area contributed by atoms with Gasteiger partial charge in [-0.05, 0) is 35.9 Å². The highest BCUT2D eigenvalue weighted by molar-refractivity contribution is 6.01. The maximum absolute atomic E-state index is 12.7. The first-order chi connectivity index (χ1) is 11.4. The van der Waals surface area contributed by atoms with Crippen molar-refractivity contribution in [3.63, 3.8) is 0 Å². The molecule has 1 amide bonds. The standard InChI is InChI=1S/C18H13F3N2O/c19-18(20,21)13-5-1-4-12(10-13)11-17(24)23-16-8-2-7-15-14(16)6-3-9-22-15/h1-10H,11H2,(H,23,24). The van der Waals surface area contributed by atoms with Crippen molar-refractivity contribution >= 4 is 22.5 Å². The highest BCUT2D eigenvalue weighted by Crippen LogP contribution is 2.29. The molecule has 122 valence electrons. The molecule has 3 rings (SSSR count). The Labute approximate surface area is 136 Å². The summed E-state index contributed by atoms with van der Waals surface area (Å²) in [5, 5.41) is 3.51. The van der Waals surface area contributed by atoms with Crippen molar-refractivity contribution in [3.8, 4) is 0 Å². The zero-order valence-electron chi connectivity index (χ0n) is 12.5. The van der Waals surface area contributed by atoms with Gasteiger partial charge in [-0.25, -0.2) is 0 Å². The van der Waals surface area contributed by atoms with Crippen molar-refractivity contribution in [2.24, 2.45) is 0 Å². The molecule has 3 nitrogen and oxygen atoms in total. The number of benzene rings is 2. The molecule has 0 aliphatic carbocycles. The summed E-state index contributed by atoms with van der Waals surface area (Å²) in [6, 6.07) is 13.7. The van der Waals surface area contributed by atoms with Crippen LogP contribution in [0.15, 0.2) is 60.8 Å². The number of halogens is 3. The molecular formula is C18H13F3N2O. The van der Waals surface area contributed by atoms with Crippen LogP contribution >= 0.6 is 0 Å². The lowest BCUT2D eigenvalue weighted by molar-refractivity contribution is -0.137. The Morgan fingerprint density at radius 2 is 1.83 bits per heavy atom. The number of rotatable bonds is 3. The summed E-state index contributed by atoms with van der Waals surface area (Å²) in [6.07, 6.45) is -2.91. The van der Waals surface area contributed by atoms with Gasteiger partial charge in [-0.3, -0.25) is 9.78 Å². The second-order valence-electron chi connectivity index (χ2n) is 5.30. The van der Waals surface area contributed by atoms with Crippen molar-refractivity contribution in [1.82, 2.24) is 4.98 Å². The first-order valence-electron chi connectivity index (χ1n) is 7.23. The number of amides is 1. The van der Waals surface area contributed by atoms with Gasteiger partial charge in [0.25, 0.3) is 0 Å². The number of hydrogen-bond donors (Lipinski definition) is 1. The third-order valence-electron chi connectivity index (χ3n) is 3.54. The maximum Gasteiger partial charge on any atom is 0.416 e. The van der Waals surface area contributed by atoms with Crippen LogP contribution in [0.3, 0.4) is 0 Å². The zero-order chi connectivity index (χ0) is 17.2. The van der Waals surface area contributed by atoms with E-state index >= 15 is 0 Å². The van der Waals surface area contributed by atoms with Crippen LogP contribution in [-0.4, -0.2) is 10.9 Å². The highest BCUT2D eigenvalue weighted by atomic mass is 19.4. The average Bonchev–Trinajstić information content (AvgIpc) is 2.54. The molecular weight excluding hydrogens is 317 g/mol. The number of anilines is 1. The van der Waals surface area contributed by atoms with E-state index in [4.69, 9.17) is 0 Å². The van der Waals surface area contributed by atoms with E-state index in [1.807, 2.05) is 12.1 Å². The van der Waals surface area contributed by atoms with Gasteiger partial charge in [0.15, 0.2) is 0 Å². The fourth-order valence-electron chi connectivity index (χ4n) is 2.45. The molecule has 0 unspecified atom stereocenters. The van der Waals surface area contributed by atoms with E-state index in [2.05, 4.69) is 10.3 Å². The van der Waals surface area contributed by atoms with Gasteiger partial charge in [-0.1, -0.05) is 24.3 Å².